The molecule has 122 valence electrons. The van der Waals surface area contributed by atoms with Gasteiger partial charge in [-0.05, 0) is 42.2 Å². The van der Waals surface area contributed by atoms with Gasteiger partial charge >= 0.3 is 5.97 Å². The molecule has 0 saturated carbocycles. The molecule has 0 fully saturated rings. The third-order valence-electron chi connectivity index (χ3n) is 4.26. The van der Waals surface area contributed by atoms with E-state index in [2.05, 4.69) is 13.8 Å². The van der Waals surface area contributed by atoms with E-state index in [1.807, 2.05) is 12.1 Å². The Balaban J connectivity index is 1.76. The van der Waals surface area contributed by atoms with E-state index in [0.717, 1.165) is 12.0 Å². The van der Waals surface area contributed by atoms with Crippen molar-refractivity contribution in [3.63, 3.8) is 0 Å². The summed E-state index contributed by atoms with van der Waals surface area (Å²) in [6.07, 6.45) is 0.999. The fourth-order valence-corrected chi connectivity index (χ4v) is 2.57. The summed E-state index contributed by atoms with van der Waals surface area (Å²) in [6, 6.07) is 13.4. The molecule has 1 aliphatic heterocycles. The lowest BCUT2D eigenvalue weighted by atomic mass is 9.98. The molecule has 2 aromatic rings. The molecule has 5 heteroatoms. The van der Waals surface area contributed by atoms with Crippen molar-refractivity contribution in [1.29, 1.82) is 0 Å². The van der Waals surface area contributed by atoms with Gasteiger partial charge in [0.2, 0.25) is 0 Å². The minimum absolute atomic E-state index is 0.238. The molecule has 1 atom stereocenters. The highest BCUT2D eigenvalue weighted by Gasteiger charge is 2.38. The van der Waals surface area contributed by atoms with Gasteiger partial charge in [0, 0.05) is 0 Å². The molecule has 3 rings (SSSR count). The van der Waals surface area contributed by atoms with Crippen LogP contribution < -0.4 is 0 Å². The Morgan fingerprint density at radius 3 is 2.04 bits per heavy atom. The molecule has 1 heterocycles. The summed E-state index contributed by atoms with van der Waals surface area (Å²) in [4.78, 5) is 41.6. The minimum Gasteiger partial charge on any atom is -0.324 e. The Labute approximate surface area is 139 Å². The first-order valence-electron chi connectivity index (χ1n) is 7.83. The number of carbonyl (C=O) groups excluding carboxylic acids is 3. The minimum atomic E-state index is -0.736. The standard InChI is InChI=1S/C19H17NO4/c1-3-12(2)13-8-10-14(11-9-13)19(23)24-20-17(21)15-6-4-5-7-16(15)18(20)22/h4-12H,3H2,1-2H3. The van der Waals surface area contributed by atoms with E-state index in [1.54, 1.807) is 24.3 Å². The Morgan fingerprint density at radius 1 is 1.00 bits per heavy atom. The number of imide groups is 1. The van der Waals surface area contributed by atoms with E-state index in [4.69, 9.17) is 4.84 Å². The Bertz CT molecular complexity index is 775. The van der Waals surface area contributed by atoms with Gasteiger partial charge in [0.05, 0.1) is 16.7 Å². The topological polar surface area (TPSA) is 63.7 Å². The van der Waals surface area contributed by atoms with Crippen LogP contribution in [0.2, 0.25) is 0 Å². The molecular weight excluding hydrogens is 306 g/mol. The summed E-state index contributed by atoms with van der Waals surface area (Å²) in [6.45, 7) is 4.20. The van der Waals surface area contributed by atoms with Crippen molar-refractivity contribution >= 4 is 17.8 Å². The van der Waals surface area contributed by atoms with Gasteiger partial charge in [0.25, 0.3) is 11.8 Å². The van der Waals surface area contributed by atoms with Gasteiger partial charge in [0.1, 0.15) is 0 Å². The number of rotatable bonds is 4. The average Bonchev–Trinajstić information content (AvgIpc) is 2.86. The van der Waals surface area contributed by atoms with E-state index >= 15 is 0 Å². The number of nitrogens with zero attached hydrogens (tertiary/aromatic N) is 1. The van der Waals surface area contributed by atoms with Gasteiger partial charge in [-0.2, -0.15) is 0 Å². The fraction of sp³-hybridized carbons (Fsp3) is 0.211. The van der Waals surface area contributed by atoms with Crippen LogP contribution in [0.5, 0.6) is 0 Å². The second-order valence-electron chi connectivity index (χ2n) is 5.76. The highest BCUT2D eigenvalue weighted by molar-refractivity contribution is 6.21. The summed E-state index contributed by atoms with van der Waals surface area (Å²) in [5.41, 5.74) is 1.89. The Kier molecular flexibility index (Phi) is 4.16. The van der Waals surface area contributed by atoms with Gasteiger partial charge in [-0.1, -0.05) is 43.2 Å². The first-order chi connectivity index (χ1) is 11.5. The summed E-state index contributed by atoms with van der Waals surface area (Å²) >= 11 is 0. The summed E-state index contributed by atoms with van der Waals surface area (Å²) in [7, 11) is 0. The highest BCUT2D eigenvalue weighted by atomic mass is 16.7. The highest BCUT2D eigenvalue weighted by Crippen LogP contribution is 2.24. The number of carbonyl (C=O) groups is 3. The lowest BCUT2D eigenvalue weighted by Gasteiger charge is -2.13. The van der Waals surface area contributed by atoms with Crippen LogP contribution in [0, 0.1) is 0 Å². The normalized spacial score (nSPS) is 14.5. The van der Waals surface area contributed by atoms with Gasteiger partial charge in [-0.15, -0.1) is 0 Å². The number of benzene rings is 2. The van der Waals surface area contributed by atoms with Gasteiger partial charge in [0.15, 0.2) is 0 Å². The molecule has 2 amide bonds. The SMILES string of the molecule is CCC(C)c1ccc(C(=O)ON2C(=O)c3ccccc3C2=O)cc1. The van der Waals surface area contributed by atoms with Crippen molar-refractivity contribution in [1.82, 2.24) is 5.06 Å². The summed E-state index contributed by atoms with van der Waals surface area (Å²) in [5.74, 6) is -1.59. The predicted octanol–water partition coefficient (Wildman–Crippen LogP) is 3.57. The van der Waals surface area contributed by atoms with E-state index in [0.29, 0.717) is 16.5 Å². The third kappa shape index (κ3) is 2.69. The summed E-state index contributed by atoms with van der Waals surface area (Å²) < 4.78 is 0. The maximum Gasteiger partial charge on any atom is 0.363 e. The molecule has 0 aliphatic carbocycles. The second-order valence-corrected chi connectivity index (χ2v) is 5.76. The molecule has 0 aromatic heterocycles. The maximum atomic E-state index is 12.2. The fourth-order valence-electron chi connectivity index (χ4n) is 2.57. The van der Waals surface area contributed by atoms with Gasteiger partial charge in [-0.3, -0.25) is 9.59 Å². The lowest BCUT2D eigenvalue weighted by molar-refractivity contribution is -0.0584. The average molecular weight is 323 g/mol. The van der Waals surface area contributed by atoms with Gasteiger partial charge in [-0.25, -0.2) is 4.79 Å². The number of hydrogen-bond donors (Lipinski definition) is 0. The zero-order valence-corrected chi connectivity index (χ0v) is 13.5. The van der Waals surface area contributed by atoms with Crippen molar-refractivity contribution in [3.05, 3.63) is 70.8 Å². The zero-order chi connectivity index (χ0) is 17.3. The predicted molar refractivity (Wildman–Crippen MR) is 87.5 cm³/mol. The van der Waals surface area contributed by atoms with E-state index < -0.39 is 17.8 Å². The zero-order valence-electron chi connectivity index (χ0n) is 13.5. The monoisotopic (exact) mass is 323 g/mol. The largest absolute Gasteiger partial charge is 0.363 e. The van der Waals surface area contributed by atoms with Crippen LogP contribution in [0.25, 0.3) is 0 Å². The molecule has 0 N–H and O–H groups in total. The van der Waals surface area contributed by atoms with E-state index in [9.17, 15) is 14.4 Å². The van der Waals surface area contributed by atoms with Crippen LogP contribution in [0.4, 0.5) is 0 Å². The number of amides is 2. The van der Waals surface area contributed by atoms with E-state index in [-0.39, 0.29) is 11.1 Å². The quantitative estimate of drug-likeness (QED) is 0.807. The van der Waals surface area contributed by atoms with Crippen LogP contribution in [0.3, 0.4) is 0 Å². The molecular formula is C19H17NO4. The van der Waals surface area contributed by atoms with Crippen LogP contribution in [-0.2, 0) is 4.84 Å². The van der Waals surface area contributed by atoms with Crippen molar-refractivity contribution in [2.45, 2.75) is 26.2 Å². The van der Waals surface area contributed by atoms with E-state index in [1.165, 1.54) is 12.1 Å². The van der Waals surface area contributed by atoms with Gasteiger partial charge < -0.3 is 4.84 Å². The lowest BCUT2D eigenvalue weighted by Crippen LogP contribution is -2.32. The first-order valence-corrected chi connectivity index (χ1v) is 7.83. The molecule has 1 aliphatic rings. The Hall–Kier alpha value is -2.95. The smallest absolute Gasteiger partial charge is 0.324 e. The molecule has 1 unspecified atom stereocenters. The number of fused-ring (bicyclic) bond motifs is 1. The first kappa shape index (κ1) is 15.9. The Morgan fingerprint density at radius 2 is 1.54 bits per heavy atom. The second kappa shape index (κ2) is 6.28. The van der Waals surface area contributed by atoms with Crippen LogP contribution in [0.1, 0.15) is 62.8 Å². The molecule has 5 nitrogen and oxygen atoms in total. The number of hydrogen-bond acceptors (Lipinski definition) is 4. The van der Waals surface area contributed by atoms with Crippen LogP contribution in [0.15, 0.2) is 48.5 Å². The molecule has 0 saturated heterocycles. The summed E-state index contributed by atoms with van der Waals surface area (Å²) in [5, 5.41) is 0.523. The maximum absolute atomic E-state index is 12.2. The van der Waals surface area contributed by atoms with Crippen LogP contribution >= 0.6 is 0 Å². The molecule has 0 spiro atoms. The third-order valence-corrected chi connectivity index (χ3v) is 4.26. The molecule has 0 radical (unpaired) electrons. The number of hydroxylamine groups is 2. The molecule has 24 heavy (non-hydrogen) atoms. The van der Waals surface area contributed by atoms with Crippen molar-refractivity contribution in [2.75, 3.05) is 0 Å². The van der Waals surface area contributed by atoms with Crippen molar-refractivity contribution < 1.29 is 19.2 Å². The molecule has 0 bridgehead atoms. The van der Waals surface area contributed by atoms with Crippen LogP contribution in [-0.4, -0.2) is 22.8 Å². The molecule has 2 aromatic carbocycles. The van der Waals surface area contributed by atoms with Crippen molar-refractivity contribution in [2.24, 2.45) is 0 Å². The van der Waals surface area contributed by atoms with Crippen molar-refractivity contribution in [3.8, 4) is 0 Å².